The minimum atomic E-state index is -0.851. The molecule has 3 amide bonds. The molecule has 0 aliphatic carbocycles. The average Bonchev–Trinajstić information content (AvgIpc) is 2.83. The zero-order valence-corrected chi connectivity index (χ0v) is 20.5. The largest absolute Gasteiger partial charge is 0.423 e. The summed E-state index contributed by atoms with van der Waals surface area (Å²) < 4.78 is 5.26. The van der Waals surface area contributed by atoms with Crippen molar-refractivity contribution in [2.75, 3.05) is 11.9 Å². The number of carbonyl (C=O) groups excluding carboxylic acids is 3. The summed E-state index contributed by atoms with van der Waals surface area (Å²) in [6, 6.07) is 14.1. The maximum Gasteiger partial charge on any atom is 0.336 e. The molecule has 3 aromatic rings. The van der Waals surface area contributed by atoms with E-state index in [2.05, 4.69) is 16.0 Å². The summed E-state index contributed by atoms with van der Waals surface area (Å²) in [6.07, 6.45) is 1.98. The highest BCUT2D eigenvalue weighted by Crippen LogP contribution is 2.21. The first kappa shape index (κ1) is 26.6. The molecule has 2 aromatic carbocycles. The van der Waals surface area contributed by atoms with E-state index in [-0.39, 0.29) is 12.3 Å². The lowest BCUT2D eigenvalue weighted by Crippen LogP contribution is -2.53. The van der Waals surface area contributed by atoms with Crippen LogP contribution in [0.5, 0.6) is 0 Å². The van der Waals surface area contributed by atoms with Crippen molar-refractivity contribution in [3.05, 3.63) is 76.1 Å². The molecule has 0 spiro atoms. The molecule has 2 atom stereocenters. The van der Waals surface area contributed by atoms with Gasteiger partial charge in [-0.15, -0.1) is 0 Å². The second-order valence-electron chi connectivity index (χ2n) is 8.74. The summed E-state index contributed by atoms with van der Waals surface area (Å²) in [7, 11) is 0. The van der Waals surface area contributed by atoms with Crippen LogP contribution in [0.25, 0.3) is 11.0 Å². The van der Waals surface area contributed by atoms with Gasteiger partial charge in [-0.25, -0.2) is 4.79 Å². The van der Waals surface area contributed by atoms with Gasteiger partial charge in [0.05, 0.1) is 0 Å². The summed E-state index contributed by atoms with van der Waals surface area (Å²) in [6.45, 7) is 3.62. The van der Waals surface area contributed by atoms with Crippen molar-refractivity contribution in [1.82, 2.24) is 10.6 Å². The van der Waals surface area contributed by atoms with Crippen LogP contribution in [0.2, 0.25) is 0 Å². The quantitative estimate of drug-likeness (QED) is 0.239. The van der Waals surface area contributed by atoms with E-state index in [4.69, 9.17) is 10.2 Å². The highest BCUT2D eigenvalue weighted by molar-refractivity contribution is 5.99. The van der Waals surface area contributed by atoms with Crippen LogP contribution >= 0.6 is 0 Å². The van der Waals surface area contributed by atoms with Crippen molar-refractivity contribution >= 4 is 34.4 Å². The Morgan fingerprint density at radius 1 is 0.944 bits per heavy atom. The molecule has 190 valence electrons. The molecule has 0 bridgehead atoms. The average molecular weight is 493 g/mol. The van der Waals surface area contributed by atoms with Crippen LogP contribution in [0.15, 0.2) is 63.8 Å². The van der Waals surface area contributed by atoms with Crippen molar-refractivity contribution in [2.45, 2.75) is 51.6 Å². The van der Waals surface area contributed by atoms with E-state index in [0.29, 0.717) is 37.1 Å². The number of carbonyl (C=O) groups is 3. The van der Waals surface area contributed by atoms with Crippen LogP contribution < -0.4 is 27.3 Å². The van der Waals surface area contributed by atoms with Crippen LogP contribution in [-0.2, 0) is 20.8 Å². The number of hydrogen-bond acceptors (Lipinski definition) is 6. The lowest BCUT2D eigenvalue weighted by atomic mass is 10.0. The first-order chi connectivity index (χ1) is 17.3. The monoisotopic (exact) mass is 492 g/mol. The number of aryl methyl sites for hydroxylation is 1. The Balaban J connectivity index is 1.77. The first-order valence-corrected chi connectivity index (χ1v) is 11.9. The van der Waals surface area contributed by atoms with Crippen LogP contribution in [-0.4, -0.2) is 36.3 Å². The Labute approximate surface area is 209 Å². The third kappa shape index (κ3) is 7.51. The van der Waals surface area contributed by atoms with Crippen molar-refractivity contribution in [3.8, 4) is 0 Å². The number of anilines is 1. The number of nitrogens with one attached hydrogen (secondary N) is 3. The SMILES string of the molecule is CC(=O)N[C@@H](Cc1ccccc1)C(=O)N[C@@H](CCCCN)C(=O)Nc1ccc2c(C)cc(=O)oc2c1. The van der Waals surface area contributed by atoms with Gasteiger partial charge in [-0.1, -0.05) is 30.3 Å². The summed E-state index contributed by atoms with van der Waals surface area (Å²) >= 11 is 0. The van der Waals surface area contributed by atoms with Gasteiger partial charge in [0.25, 0.3) is 0 Å². The topological polar surface area (TPSA) is 144 Å². The summed E-state index contributed by atoms with van der Waals surface area (Å²) in [5.74, 6) is -1.22. The predicted octanol–water partition coefficient (Wildman–Crippen LogP) is 2.40. The predicted molar refractivity (Wildman–Crippen MR) is 138 cm³/mol. The highest BCUT2D eigenvalue weighted by Gasteiger charge is 2.26. The number of hydrogen-bond donors (Lipinski definition) is 4. The third-order valence-corrected chi connectivity index (χ3v) is 5.78. The molecule has 9 heteroatoms. The van der Waals surface area contributed by atoms with Crippen molar-refractivity contribution < 1.29 is 18.8 Å². The van der Waals surface area contributed by atoms with E-state index in [1.165, 1.54) is 13.0 Å². The van der Waals surface area contributed by atoms with E-state index < -0.39 is 29.5 Å². The molecule has 0 unspecified atom stereocenters. The van der Waals surface area contributed by atoms with Gasteiger partial charge in [0.1, 0.15) is 17.7 Å². The molecule has 1 aromatic heterocycles. The summed E-state index contributed by atoms with van der Waals surface area (Å²) in [5.41, 5.74) is 7.58. The molecule has 9 nitrogen and oxygen atoms in total. The Morgan fingerprint density at radius 3 is 2.39 bits per heavy atom. The molecule has 0 aliphatic heterocycles. The number of unbranched alkanes of at least 4 members (excludes halogenated alkanes) is 1. The van der Waals surface area contributed by atoms with E-state index in [1.807, 2.05) is 37.3 Å². The highest BCUT2D eigenvalue weighted by atomic mass is 16.4. The Morgan fingerprint density at radius 2 is 1.69 bits per heavy atom. The van der Waals surface area contributed by atoms with Crippen LogP contribution in [0.1, 0.15) is 37.3 Å². The van der Waals surface area contributed by atoms with Crippen molar-refractivity contribution in [3.63, 3.8) is 0 Å². The Kier molecular flexibility index (Phi) is 9.35. The standard InChI is InChI=1S/C27H32N4O5/c1-17-14-25(33)36-24-16-20(11-12-21(17)24)30-26(34)22(10-6-7-13-28)31-27(35)23(29-18(2)32)15-19-8-4-3-5-9-19/h3-5,8-9,11-12,14,16,22-23H,6-7,10,13,15,28H2,1-2H3,(H,29,32)(H,30,34)(H,31,35)/t22-,23-/m0/s1. The minimum Gasteiger partial charge on any atom is -0.423 e. The van der Waals surface area contributed by atoms with Gasteiger partial charge in [0, 0.05) is 36.6 Å². The van der Waals surface area contributed by atoms with Crippen LogP contribution in [0.3, 0.4) is 0 Å². The molecule has 1 heterocycles. The van der Waals surface area contributed by atoms with Gasteiger partial charge in [0.15, 0.2) is 0 Å². The lowest BCUT2D eigenvalue weighted by molar-refractivity contribution is -0.130. The van der Waals surface area contributed by atoms with E-state index in [0.717, 1.165) is 16.5 Å². The Bertz CT molecular complexity index is 1270. The molecular weight excluding hydrogens is 460 g/mol. The van der Waals surface area contributed by atoms with Crippen LogP contribution in [0, 0.1) is 6.92 Å². The molecule has 0 fully saturated rings. The smallest absolute Gasteiger partial charge is 0.336 e. The van der Waals surface area contributed by atoms with E-state index >= 15 is 0 Å². The maximum atomic E-state index is 13.2. The van der Waals surface area contributed by atoms with Gasteiger partial charge in [0.2, 0.25) is 17.7 Å². The lowest BCUT2D eigenvalue weighted by Gasteiger charge is -2.23. The van der Waals surface area contributed by atoms with E-state index in [1.54, 1.807) is 18.2 Å². The number of amides is 3. The summed E-state index contributed by atoms with van der Waals surface area (Å²) in [4.78, 5) is 49.8. The molecule has 0 saturated heterocycles. The van der Waals surface area contributed by atoms with Gasteiger partial charge >= 0.3 is 5.63 Å². The molecule has 5 N–H and O–H groups in total. The maximum absolute atomic E-state index is 13.2. The number of benzene rings is 2. The van der Waals surface area contributed by atoms with Crippen LogP contribution in [0.4, 0.5) is 5.69 Å². The van der Waals surface area contributed by atoms with E-state index in [9.17, 15) is 19.2 Å². The zero-order chi connectivity index (χ0) is 26.1. The molecule has 0 aliphatic rings. The molecule has 0 radical (unpaired) electrons. The number of rotatable bonds is 11. The fourth-order valence-corrected chi connectivity index (χ4v) is 3.97. The Hall–Kier alpha value is -3.98. The van der Waals surface area contributed by atoms with Gasteiger partial charge in [-0.2, -0.15) is 0 Å². The van der Waals surface area contributed by atoms with Gasteiger partial charge in [-0.05, 0) is 56.0 Å². The fraction of sp³-hybridized carbons (Fsp3) is 0.333. The second-order valence-corrected chi connectivity index (χ2v) is 8.74. The summed E-state index contributed by atoms with van der Waals surface area (Å²) in [5, 5.41) is 9.04. The normalized spacial score (nSPS) is 12.5. The zero-order valence-electron chi connectivity index (χ0n) is 20.5. The molecule has 36 heavy (non-hydrogen) atoms. The molecule has 0 saturated carbocycles. The van der Waals surface area contributed by atoms with Gasteiger partial charge < -0.3 is 26.1 Å². The number of fused-ring (bicyclic) bond motifs is 1. The molecular formula is C27H32N4O5. The van der Waals surface area contributed by atoms with Gasteiger partial charge in [-0.3, -0.25) is 14.4 Å². The minimum absolute atomic E-state index is 0.284. The third-order valence-electron chi connectivity index (χ3n) is 5.78. The second kappa shape index (κ2) is 12.6. The molecule has 3 rings (SSSR count). The fourth-order valence-electron chi connectivity index (χ4n) is 3.97. The van der Waals surface area contributed by atoms with Crippen molar-refractivity contribution in [2.24, 2.45) is 5.73 Å². The first-order valence-electron chi connectivity index (χ1n) is 11.9. The van der Waals surface area contributed by atoms with Crippen molar-refractivity contribution in [1.29, 1.82) is 0 Å². The number of nitrogens with two attached hydrogens (primary N) is 1.